The van der Waals surface area contributed by atoms with Gasteiger partial charge in [0.1, 0.15) is 0 Å². The second-order valence-corrected chi connectivity index (χ2v) is 6.90. The normalized spacial score (nSPS) is 28.3. The average molecular weight is 268 g/mol. The molecule has 0 unspecified atom stereocenters. The van der Waals surface area contributed by atoms with Gasteiger partial charge in [0.05, 0.1) is 0 Å². The van der Waals surface area contributed by atoms with Gasteiger partial charge in [-0.3, -0.25) is 0 Å². The fourth-order valence-corrected chi connectivity index (χ4v) is 3.49. The Bertz CT molecular complexity index is 227. The summed E-state index contributed by atoms with van der Waals surface area (Å²) in [5.41, 5.74) is 6.57. The predicted octanol–water partition coefficient (Wildman–Crippen LogP) is 3.90. The van der Waals surface area contributed by atoms with E-state index in [1.807, 2.05) is 0 Å². The molecule has 0 aliphatic heterocycles. The van der Waals surface area contributed by atoms with E-state index in [1.165, 1.54) is 58.2 Å². The van der Waals surface area contributed by atoms with Crippen LogP contribution in [0.2, 0.25) is 0 Å². The molecule has 1 rings (SSSR count). The molecule has 0 radical (unpaired) electrons. The van der Waals surface area contributed by atoms with Crippen LogP contribution in [-0.4, -0.2) is 31.1 Å². The van der Waals surface area contributed by atoms with Gasteiger partial charge < -0.3 is 10.6 Å². The lowest BCUT2D eigenvalue weighted by molar-refractivity contribution is 0.0872. The standard InChI is InChI=1S/C17H36N2/c1-5-16(6-2)12-19(7-3)14-17(13-18)10-8-15(4)9-11-17/h15-16H,5-14,18H2,1-4H3. The molecule has 0 atom stereocenters. The first-order valence-corrected chi connectivity index (χ1v) is 8.51. The van der Waals surface area contributed by atoms with Crippen molar-refractivity contribution in [3.05, 3.63) is 0 Å². The van der Waals surface area contributed by atoms with Crippen molar-refractivity contribution in [2.75, 3.05) is 26.2 Å². The van der Waals surface area contributed by atoms with Gasteiger partial charge in [-0.25, -0.2) is 0 Å². The van der Waals surface area contributed by atoms with Crippen molar-refractivity contribution in [3.63, 3.8) is 0 Å². The minimum atomic E-state index is 0.411. The number of nitrogens with zero attached hydrogens (tertiary/aromatic N) is 1. The van der Waals surface area contributed by atoms with Crippen LogP contribution in [0.5, 0.6) is 0 Å². The summed E-state index contributed by atoms with van der Waals surface area (Å²) in [6.07, 6.45) is 8.03. The molecule has 0 heterocycles. The summed E-state index contributed by atoms with van der Waals surface area (Å²) < 4.78 is 0. The van der Waals surface area contributed by atoms with Crippen LogP contribution in [0.3, 0.4) is 0 Å². The second-order valence-electron chi connectivity index (χ2n) is 6.90. The SMILES string of the molecule is CCC(CC)CN(CC)CC1(CN)CCC(C)CC1. The van der Waals surface area contributed by atoms with Crippen LogP contribution < -0.4 is 5.73 Å². The molecule has 19 heavy (non-hydrogen) atoms. The van der Waals surface area contributed by atoms with Crippen molar-refractivity contribution in [3.8, 4) is 0 Å². The number of rotatable bonds is 8. The van der Waals surface area contributed by atoms with Crippen molar-refractivity contribution in [2.24, 2.45) is 23.0 Å². The monoisotopic (exact) mass is 268 g/mol. The Morgan fingerprint density at radius 1 is 1.16 bits per heavy atom. The third kappa shape index (κ3) is 5.07. The summed E-state index contributed by atoms with van der Waals surface area (Å²) in [7, 11) is 0. The van der Waals surface area contributed by atoms with E-state index < -0.39 is 0 Å². The molecule has 1 saturated carbocycles. The molecule has 0 saturated heterocycles. The summed E-state index contributed by atoms with van der Waals surface area (Å²) in [6.45, 7) is 13.9. The van der Waals surface area contributed by atoms with Gasteiger partial charge in [-0.05, 0) is 43.2 Å². The molecule has 2 N–H and O–H groups in total. The van der Waals surface area contributed by atoms with E-state index >= 15 is 0 Å². The second kappa shape index (κ2) is 8.26. The quantitative estimate of drug-likeness (QED) is 0.723. The Kier molecular flexibility index (Phi) is 7.38. The van der Waals surface area contributed by atoms with Crippen LogP contribution in [0, 0.1) is 17.3 Å². The smallest absolute Gasteiger partial charge is 0.00501 e. The highest BCUT2D eigenvalue weighted by Crippen LogP contribution is 2.38. The minimum Gasteiger partial charge on any atom is -0.330 e. The Labute approximate surface area is 121 Å². The van der Waals surface area contributed by atoms with Crippen LogP contribution in [0.4, 0.5) is 0 Å². The maximum Gasteiger partial charge on any atom is 0.00501 e. The lowest BCUT2D eigenvalue weighted by atomic mass is 9.70. The van der Waals surface area contributed by atoms with Gasteiger partial charge in [-0.15, -0.1) is 0 Å². The maximum atomic E-state index is 6.16. The molecule has 0 aromatic rings. The molecule has 2 nitrogen and oxygen atoms in total. The summed E-state index contributed by atoms with van der Waals surface area (Å²) in [5, 5.41) is 0. The summed E-state index contributed by atoms with van der Waals surface area (Å²) in [5.74, 6) is 1.77. The van der Waals surface area contributed by atoms with Crippen molar-refractivity contribution in [2.45, 2.75) is 66.2 Å². The highest BCUT2D eigenvalue weighted by atomic mass is 15.1. The van der Waals surface area contributed by atoms with Gasteiger partial charge in [0, 0.05) is 13.1 Å². The zero-order valence-corrected chi connectivity index (χ0v) is 13.8. The summed E-state index contributed by atoms with van der Waals surface area (Å²) in [6, 6.07) is 0. The fraction of sp³-hybridized carbons (Fsp3) is 1.00. The Morgan fingerprint density at radius 3 is 2.16 bits per heavy atom. The van der Waals surface area contributed by atoms with E-state index in [9.17, 15) is 0 Å². The van der Waals surface area contributed by atoms with E-state index in [2.05, 4.69) is 32.6 Å². The molecule has 0 amide bonds. The van der Waals surface area contributed by atoms with Crippen molar-refractivity contribution in [1.82, 2.24) is 4.90 Å². The predicted molar refractivity (Wildman–Crippen MR) is 85.3 cm³/mol. The van der Waals surface area contributed by atoms with E-state index in [1.54, 1.807) is 0 Å². The van der Waals surface area contributed by atoms with Gasteiger partial charge in [0.2, 0.25) is 0 Å². The summed E-state index contributed by atoms with van der Waals surface area (Å²) in [4.78, 5) is 2.67. The van der Waals surface area contributed by atoms with Gasteiger partial charge >= 0.3 is 0 Å². The molecule has 0 bridgehead atoms. The number of hydrogen-bond acceptors (Lipinski definition) is 2. The molecule has 0 spiro atoms. The molecule has 1 fully saturated rings. The first-order chi connectivity index (χ1) is 9.09. The van der Waals surface area contributed by atoms with E-state index in [0.29, 0.717) is 5.41 Å². The van der Waals surface area contributed by atoms with Crippen LogP contribution in [-0.2, 0) is 0 Å². The van der Waals surface area contributed by atoms with Gasteiger partial charge in [0.25, 0.3) is 0 Å². The lowest BCUT2D eigenvalue weighted by Gasteiger charge is -2.42. The Morgan fingerprint density at radius 2 is 1.74 bits per heavy atom. The number of hydrogen-bond donors (Lipinski definition) is 1. The number of nitrogens with two attached hydrogens (primary N) is 1. The van der Waals surface area contributed by atoms with Crippen LogP contribution in [0.25, 0.3) is 0 Å². The van der Waals surface area contributed by atoms with Crippen molar-refractivity contribution < 1.29 is 0 Å². The van der Waals surface area contributed by atoms with Crippen molar-refractivity contribution >= 4 is 0 Å². The highest BCUT2D eigenvalue weighted by Gasteiger charge is 2.34. The van der Waals surface area contributed by atoms with Gasteiger partial charge in [-0.1, -0.05) is 53.4 Å². The first kappa shape index (κ1) is 17.0. The molecule has 0 aromatic heterocycles. The average Bonchev–Trinajstić information content (AvgIpc) is 2.46. The highest BCUT2D eigenvalue weighted by molar-refractivity contribution is 4.88. The fourth-order valence-electron chi connectivity index (χ4n) is 3.49. The van der Waals surface area contributed by atoms with Crippen LogP contribution >= 0.6 is 0 Å². The molecular weight excluding hydrogens is 232 g/mol. The molecule has 1 aliphatic carbocycles. The first-order valence-electron chi connectivity index (χ1n) is 8.51. The third-order valence-electron chi connectivity index (χ3n) is 5.45. The molecule has 114 valence electrons. The maximum absolute atomic E-state index is 6.16. The molecular formula is C17H36N2. The molecule has 2 heteroatoms. The van der Waals surface area contributed by atoms with Gasteiger partial charge in [-0.2, -0.15) is 0 Å². The lowest BCUT2D eigenvalue weighted by Crippen LogP contribution is -2.46. The van der Waals surface area contributed by atoms with Crippen LogP contribution in [0.1, 0.15) is 66.2 Å². The largest absolute Gasteiger partial charge is 0.330 e. The summed E-state index contributed by atoms with van der Waals surface area (Å²) >= 11 is 0. The van der Waals surface area contributed by atoms with Crippen molar-refractivity contribution in [1.29, 1.82) is 0 Å². The molecule has 0 aromatic carbocycles. The Balaban J connectivity index is 2.56. The molecule has 1 aliphatic rings. The Hall–Kier alpha value is -0.0800. The zero-order chi connectivity index (χ0) is 14.3. The topological polar surface area (TPSA) is 29.3 Å². The van der Waals surface area contributed by atoms with E-state index in [0.717, 1.165) is 18.4 Å². The van der Waals surface area contributed by atoms with Gasteiger partial charge in [0.15, 0.2) is 0 Å². The third-order valence-corrected chi connectivity index (χ3v) is 5.45. The van der Waals surface area contributed by atoms with E-state index in [4.69, 9.17) is 5.73 Å². The van der Waals surface area contributed by atoms with E-state index in [-0.39, 0.29) is 0 Å². The zero-order valence-electron chi connectivity index (χ0n) is 13.8. The minimum absolute atomic E-state index is 0.411. The van der Waals surface area contributed by atoms with Crippen LogP contribution in [0.15, 0.2) is 0 Å².